The minimum absolute atomic E-state index is 0.449. The highest BCUT2D eigenvalue weighted by molar-refractivity contribution is 5.78. The maximum Gasteiger partial charge on any atom is 0.323 e. The zero-order chi connectivity index (χ0) is 14.2. The monoisotopic (exact) mass is 280 g/mol. The average molecular weight is 280 g/mol. The Labute approximate surface area is 121 Å². The van der Waals surface area contributed by atoms with E-state index >= 15 is 0 Å². The fraction of sp³-hybridized carbons (Fsp3) is 0.938. The zero-order valence-electron chi connectivity index (χ0n) is 12.6. The summed E-state index contributed by atoms with van der Waals surface area (Å²) < 4.78 is 0. The van der Waals surface area contributed by atoms with Gasteiger partial charge in [0, 0.05) is 18.6 Å². The first-order valence-corrected chi connectivity index (χ1v) is 8.32. The van der Waals surface area contributed by atoms with Crippen molar-refractivity contribution in [3.8, 4) is 0 Å². The molecule has 1 aliphatic heterocycles. The summed E-state index contributed by atoms with van der Waals surface area (Å²) in [6.07, 6.45) is 9.41. The lowest BCUT2D eigenvalue weighted by molar-refractivity contribution is -0.144. The normalized spacial score (nSPS) is 32.5. The van der Waals surface area contributed by atoms with Crippen LogP contribution in [0.4, 0.5) is 0 Å². The second-order valence-electron chi connectivity index (χ2n) is 7.34. The molecule has 20 heavy (non-hydrogen) atoms. The lowest BCUT2D eigenvalue weighted by atomic mass is 9.94. The Kier molecular flexibility index (Phi) is 4.04. The maximum atomic E-state index is 11.5. The van der Waals surface area contributed by atoms with Crippen LogP contribution in [-0.2, 0) is 4.79 Å². The van der Waals surface area contributed by atoms with Crippen LogP contribution in [0.1, 0.15) is 58.3 Å². The van der Waals surface area contributed by atoms with Crippen molar-refractivity contribution in [1.82, 2.24) is 10.2 Å². The Morgan fingerprint density at radius 1 is 1.30 bits per heavy atom. The predicted octanol–water partition coefficient (Wildman–Crippen LogP) is 2.24. The molecule has 3 fully saturated rings. The summed E-state index contributed by atoms with van der Waals surface area (Å²) in [6, 6.07) is 1.29. The Balaban J connectivity index is 1.38. The molecule has 3 unspecified atom stereocenters. The molecule has 0 amide bonds. The van der Waals surface area contributed by atoms with E-state index in [2.05, 4.69) is 10.2 Å². The Bertz CT molecular complexity index is 369. The number of aliphatic carboxylic acids is 1. The smallest absolute Gasteiger partial charge is 0.323 e. The number of carboxylic acid groups (broad SMARTS) is 1. The van der Waals surface area contributed by atoms with Crippen LogP contribution in [0.3, 0.4) is 0 Å². The van der Waals surface area contributed by atoms with E-state index < -0.39 is 11.5 Å². The molecule has 0 aromatic rings. The van der Waals surface area contributed by atoms with E-state index in [1.807, 2.05) is 6.92 Å². The summed E-state index contributed by atoms with van der Waals surface area (Å²) in [7, 11) is 0. The van der Waals surface area contributed by atoms with Gasteiger partial charge in [-0.05, 0) is 70.8 Å². The first kappa shape index (κ1) is 14.3. The van der Waals surface area contributed by atoms with Crippen molar-refractivity contribution in [2.75, 3.05) is 13.1 Å². The Morgan fingerprint density at radius 3 is 2.65 bits per heavy atom. The van der Waals surface area contributed by atoms with Crippen LogP contribution in [0.2, 0.25) is 0 Å². The maximum absolute atomic E-state index is 11.5. The summed E-state index contributed by atoms with van der Waals surface area (Å²) in [6.45, 7) is 4.31. The van der Waals surface area contributed by atoms with Crippen molar-refractivity contribution < 1.29 is 9.90 Å². The molecule has 1 heterocycles. The molecule has 0 aromatic carbocycles. The number of rotatable bonds is 8. The van der Waals surface area contributed by atoms with Crippen molar-refractivity contribution in [2.45, 2.75) is 75.9 Å². The number of nitrogens with zero attached hydrogens (tertiary/aromatic N) is 1. The quantitative estimate of drug-likeness (QED) is 0.670. The van der Waals surface area contributed by atoms with Gasteiger partial charge in [0.05, 0.1) is 0 Å². The molecule has 0 radical (unpaired) electrons. The molecule has 4 heteroatoms. The second-order valence-corrected chi connectivity index (χ2v) is 7.34. The summed E-state index contributed by atoms with van der Waals surface area (Å²) in [5, 5.41) is 12.7. The van der Waals surface area contributed by atoms with E-state index in [9.17, 15) is 9.90 Å². The van der Waals surface area contributed by atoms with Gasteiger partial charge in [-0.15, -0.1) is 0 Å². The van der Waals surface area contributed by atoms with Gasteiger partial charge < -0.3 is 10.0 Å². The van der Waals surface area contributed by atoms with Crippen LogP contribution in [0, 0.1) is 5.92 Å². The zero-order valence-corrected chi connectivity index (χ0v) is 12.6. The predicted molar refractivity (Wildman–Crippen MR) is 78.8 cm³/mol. The summed E-state index contributed by atoms with van der Waals surface area (Å²) in [4.78, 5) is 14.1. The number of nitrogens with one attached hydrogen (secondary N) is 1. The molecule has 3 aliphatic rings. The lowest BCUT2D eigenvalue weighted by Gasteiger charge is -2.29. The van der Waals surface area contributed by atoms with E-state index in [1.165, 1.54) is 32.4 Å². The van der Waals surface area contributed by atoms with E-state index in [0.717, 1.165) is 44.1 Å². The molecule has 3 atom stereocenters. The number of carbonyl (C=O) groups is 1. The van der Waals surface area contributed by atoms with Crippen LogP contribution in [0.15, 0.2) is 0 Å². The highest BCUT2D eigenvalue weighted by Crippen LogP contribution is 2.37. The molecule has 1 saturated heterocycles. The molecular formula is C16H28N2O2. The first-order chi connectivity index (χ1) is 9.57. The number of hydrogen-bond acceptors (Lipinski definition) is 3. The third-order valence-electron chi connectivity index (χ3n) is 5.47. The number of fused-ring (bicyclic) bond motifs is 2. The lowest BCUT2D eigenvalue weighted by Crippen LogP contribution is -2.50. The molecule has 0 aromatic heterocycles. The van der Waals surface area contributed by atoms with Crippen LogP contribution < -0.4 is 5.32 Å². The topological polar surface area (TPSA) is 52.6 Å². The summed E-state index contributed by atoms with van der Waals surface area (Å²) in [5.41, 5.74) is -0.717. The van der Waals surface area contributed by atoms with Gasteiger partial charge in [0.15, 0.2) is 0 Å². The first-order valence-electron chi connectivity index (χ1n) is 8.32. The van der Waals surface area contributed by atoms with Crippen molar-refractivity contribution in [3.05, 3.63) is 0 Å². The molecule has 4 nitrogen and oxygen atoms in total. The Morgan fingerprint density at radius 2 is 2.10 bits per heavy atom. The van der Waals surface area contributed by atoms with E-state index in [-0.39, 0.29) is 0 Å². The highest BCUT2D eigenvalue weighted by Gasteiger charge is 2.39. The molecular weight excluding hydrogens is 252 g/mol. The van der Waals surface area contributed by atoms with Crippen molar-refractivity contribution in [3.63, 3.8) is 0 Å². The molecule has 114 valence electrons. The number of piperidine rings is 1. The number of likely N-dealkylation sites (tertiary alicyclic amines) is 1. The molecule has 2 N–H and O–H groups in total. The second kappa shape index (κ2) is 5.64. The molecule has 2 aliphatic carbocycles. The number of unbranched alkanes of at least 4 members (excludes halogenated alkanes) is 1. The van der Waals surface area contributed by atoms with Crippen LogP contribution >= 0.6 is 0 Å². The molecule has 2 bridgehead atoms. The SMILES string of the molecule is CC(CCCCN1CC2CCC1C2)(NC1CC1)C(=O)O. The summed E-state index contributed by atoms with van der Waals surface area (Å²) in [5.74, 6) is 0.269. The van der Waals surface area contributed by atoms with E-state index in [4.69, 9.17) is 0 Å². The van der Waals surface area contributed by atoms with Gasteiger partial charge in [-0.2, -0.15) is 0 Å². The molecule has 3 rings (SSSR count). The summed E-state index contributed by atoms with van der Waals surface area (Å²) >= 11 is 0. The molecule has 0 spiro atoms. The molecule has 2 saturated carbocycles. The van der Waals surface area contributed by atoms with E-state index in [1.54, 1.807) is 0 Å². The van der Waals surface area contributed by atoms with Gasteiger partial charge in [-0.3, -0.25) is 10.1 Å². The van der Waals surface area contributed by atoms with Gasteiger partial charge in [-0.25, -0.2) is 0 Å². The van der Waals surface area contributed by atoms with Crippen LogP contribution in [-0.4, -0.2) is 46.7 Å². The minimum Gasteiger partial charge on any atom is -0.480 e. The highest BCUT2D eigenvalue weighted by atomic mass is 16.4. The van der Waals surface area contributed by atoms with Gasteiger partial charge >= 0.3 is 5.97 Å². The minimum atomic E-state index is -0.717. The van der Waals surface area contributed by atoms with Crippen molar-refractivity contribution in [1.29, 1.82) is 0 Å². The fourth-order valence-corrected chi connectivity index (χ4v) is 4.01. The van der Waals surface area contributed by atoms with Gasteiger partial charge in [0.25, 0.3) is 0 Å². The van der Waals surface area contributed by atoms with Gasteiger partial charge in [-0.1, -0.05) is 0 Å². The number of hydrogen-bond donors (Lipinski definition) is 2. The third-order valence-corrected chi connectivity index (χ3v) is 5.47. The van der Waals surface area contributed by atoms with Crippen LogP contribution in [0.5, 0.6) is 0 Å². The van der Waals surface area contributed by atoms with Gasteiger partial charge in [0.1, 0.15) is 5.54 Å². The number of carboxylic acids is 1. The van der Waals surface area contributed by atoms with E-state index in [0.29, 0.717) is 6.04 Å². The van der Waals surface area contributed by atoms with Crippen molar-refractivity contribution >= 4 is 5.97 Å². The Hall–Kier alpha value is -0.610. The average Bonchev–Trinajstić information content (AvgIpc) is 2.98. The van der Waals surface area contributed by atoms with Crippen LogP contribution in [0.25, 0.3) is 0 Å². The standard InChI is InChI=1S/C16H28N2O2/c1-16(15(19)20,17-13-5-6-13)8-2-3-9-18-11-12-4-7-14(18)10-12/h12-14,17H,2-11H2,1H3,(H,19,20). The van der Waals surface area contributed by atoms with Crippen molar-refractivity contribution in [2.24, 2.45) is 5.92 Å². The third kappa shape index (κ3) is 3.17. The van der Waals surface area contributed by atoms with Gasteiger partial charge in [0.2, 0.25) is 0 Å². The largest absolute Gasteiger partial charge is 0.480 e. The fourth-order valence-electron chi connectivity index (χ4n) is 4.01.